The summed E-state index contributed by atoms with van der Waals surface area (Å²) in [4.78, 5) is 15.9. The Morgan fingerprint density at radius 3 is 3.00 bits per heavy atom. The van der Waals surface area contributed by atoms with Gasteiger partial charge in [0.1, 0.15) is 18.4 Å². The molecule has 3 rings (SSSR count). The molecule has 1 saturated carbocycles. The Labute approximate surface area is 129 Å². The summed E-state index contributed by atoms with van der Waals surface area (Å²) in [5.74, 6) is 1.10. The second-order valence-electron chi connectivity index (χ2n) is 5.72. The van der Waals surface area contributed by atoms with Crippen molar-refractivity contribution in [2.45, 2.75) is 51.0 Å². The zero-order valence-electron chi connectivity index (χ0n) is 12.6. The van der Waals surface area contributed by atoms with E-state index in [2.05, 4.69) is 20.6 Å². The fourth-order valence-corrected chi connectivity index (χ4v) is 2.86. The van der Waals surface area contributed by atoms with E-state index >= 15 is 0 Å². The molecule has 7 heteroatoms. The number of amides is 1. The van der Waals surface area contributed by atoms with Crippen molar-refractivity contribution < 1.29 is 9.32 Å². The lowest BCUT2D eigenvalue weighted by atomic mass is 9.87. The number of hydrogen-bond donors (Lipinski definition) is 1. The minimum absolute atomic E-state index is 0.176. The molecule has 118 valence electrons. The Kier molecular flexibility index (Phi) is 4.82. The average Bonchev–Trinajstić information content (AvgIpc) is 3.24. The Hall–Kier alpha value is -2.18. The molecule has 1 aliphatic rings. The third kappa shape index (κ3) is 3.72. The monoisotopic (exact) mass is 303 g/mol. The molecule has 1 N–H and O–H groups in total. The van der Waals surface area contributed by atoms with Crippen LogP contribution < -0.4 is 5.32 Å². The number of carbonyl (C=O) groups excluding carboxylic acids is 1. The Balaban J connectivity index is 1.44. The highest BCUT2D eigenvalue weighted by Crippen LogP contribution is 2.32. The zero-order chi connectivity index (χ0) is 15.2. The van der Waals surface area contributed by atoms with Gasteiger partial charge in [0.05, 0.1) is 0 Å². The molecule has 22 heavy (non-hydrogen) atoms. The van der Waals surface area contributed by atoms with Gasteiger partial charge in [-0.3, -0.25) is 9.48 Å². The van der Waals surface area contributed by atoms with Crippen LogP contribution in [0.2, 0.25) is 0 Å². The molecule has 0 radical (unpaired) electrons. The summed E-state index contributed by atoms with van der Waals surface area (Å²) >= 11 is 0. The molecule has 2 aromatic rings. The van der Waals surface area contributed by atoms with Crippen LogP contribution in [-0.4, -0.2) is 32.4 Å². The summed E-state index contributed by atoms with van der Waals surface area (Å²) < 4.78 is 7.10. The summed E-state index contributed by atoms with van der Waals surface area (Å²) in [5, 5.41) is 10.8. The van der Waals surface area contributed by atoms with Crippen molar-refractivity contribution in [1.29, 1.82) is 0 Å². The second-order valence-corrected chi connectivity index (χ2v) is 5.72. The fourth-order valence-electron chi connectivity index (χ4n) is 2.86. The van der Waals surface area contributed by atoms with Crippen LogP contribution in [-0.2, 0) is 6.54 Å². The molecule has 0 bridgehead atoms. The van der Waals surface area contributed by atoms with E-state index in [0.717, 1.165) is 31.6 Å². The maximum atomic E-state index is 12.0. The third-order valence-electron chi connectivity index (χ3n) is 4.08. The summed E-state index contributed by atoms with van der Waals surface area (Å²) in [5.41, 5.74) is 0.376. The standard InChI is InChI=1S/C15H21N5O2/c21-15(17-7-4-8-20-11-16-10-18-20)13-9-14(22-19-13)12-5-2-1-3-6-12/h9-12H,1-8H2,(H,17,21). The van der Waals surface area contributed by atoms with Gasteiger partial charge in [0, 0.05) is 25.1 Å². The van der Waals surface area contributed by atoms with E-state index in [9.17, 15) is 4.79 Å². The summed E-state index contributed by atoms with van der Waals surface area (Å²) in [6.07, 6.45) is 9.98. The molecule has 2 heterocycles. The van der Waals surface area contributed by atoms with Gasteiger partial charge in [-0.2, -0.15) is 5.10 Å². The van der Waals surface area contributed by atoms with Gasteiger partial charge >= 0.3 is 0 Å². The molecule has 1 amide bonds. The summed E-state index contributed by atoms with van der Waals surface area (Å²) in [7, 11) is 0. The third-order valence-corrected chi connectivity index (χ3v) is 4.08. The molecule has 0 saturated heterocycles. The predicted molar refractivity (Wildman–Crippen MR) is 79.3 cm³/mol. The molecule has 2 aromatic heterocycles. The van der Waals surface area contributed by atoms with Gasteiger partial charge in [-0.25, -0.2) is 4.98 Å². The van der Waals surface area contributed by atoms with Crippen LogP contribution in [0.1, 0.15) is 60.7 Å². The smallest absolute Gasteiger partial charge is 0.273 e. The van der Waals surface area contributed by atoms with Crippen molar-refractivity contribution >= 4 is 5.91 Å². The first-order valence-electron chi connectivity index (χ1n) is 7.90. The van der Waals surface area contributed by atoms with Crippen molar-refractivity contribution in [3.63, 3.8) is 0 Å². The van der Waals surface area contributed by atoms with E-state index < -0.39 is 0 Å². The number of aromatic nitrogens is 4. The van der Waals surface area contributed by atoms with Gasteiger partial charge < -0.3 is 9.84 Å². The molecule has 0 spiro atoms. The van der Waals surface area contributed by atoms with Crippen LogP contribution in [0.15, 0.2) is 23.2 Å². The highest BCUT2D eigenvalue weighted by Gasteiger charge is 2.21. The van der Waals surface area contributed by atoms with Gasteiger partial charge in [0.25, 0.3) is 5.91 Å². The maximum Gasteiger partial charge on any atom is 0.273 e. The largest absolute Gasteiger partial charge is 0.360 e. The topological polar surface area (TPSA) is 85.8 Å². The van der Waals surface area contributed by atoms with Crippen molar-refractivity contribution in [3.8, 4) is 0 Å². The maximum absolute atomic E-state index is 12.0. The molecule has 1 fully saturated rings. The van der Waals surface area contributed by atoms with Crippen molar-refractivity contribution in [3.05, 3.63) is 30.2 Å². The molecular weight excluding hydrogens is 282 g/mol. The molecule has 0 aromatic carbocycles. The van der Waals surface area contributed by atoms with Gasteiger partial charge in [-0.15, -0.1) is 0 Å². The molecule has 7 nitrogen and oxygen atoms in total. The first kappa shape index (κ1) is 14.7. The van der Waals surface area contributed by atoms with Crippen LogP contribution in [0, 0.1) is 0 Å². The molecule has 1 aliphatic carbocycles. The normalized spacial score (nSPS) is 15.8. The second kappa shape index (κ2) is 7.20. The van der Waals surface area contributed by atoms with Crippen LogP contribution >= 0.6 is 0 Å². The van der Waals surface area contributed by atoms with Crippen molar-refractivity contribution in [2.24, 2.45) is 0 Å². The Morgan fingerprint density at radius 1 is 1.36 bits per heavy atom. The number of aryl methyl sites for hydroxylation is 1. The number of rotatable bonds is 6. The van der Waals surface area contributed by atoms with Crippen molar-refractivity contribution in [1.82, 2.24) is 25.2 Å². The number of hydrogen-bond acceptors (Lipinski definition) is 5. The lowest BCUT2D eigenvalue weighted by molar-refractivity contribution is 0.0943. The summed E-state index contributed by atoms with van der Waals surface area (Å²) in [6.45, 7) is 1.30. The van der Waals surface area contributed by atoms with Crippen LogP contribution in [0.5, 0.6) is 0 Å². The van der Waals surface area contributed by atoms with Crippen LogP contribution in [0.3, 0.4) is 0 Å². The SMILES string of the molecule is O=C(NCCCn1cncn1)c1cc(C2CCCCC2)on1. The van der Waals surface area contributed by atoms with Crippen LogP contribution in [0.4, 0.5) is 0 Å². The highest BCUT2D eigenvalue weighted by molar-refractivity contribution is 5.92. The van der Waals surface area contributed by atoms with Gasteiger partial charge in [0.2, 0.25) is 0 Å². The number of nitrogens with one attached hydrogen (secondary N) is 1. The Morgan fingerprint density at radius 2 is 2.23 bits per heavy atom. The minimum atomic E-state index is -0.176. The lowest BCUT2D eigenvalue weighted by Gasteiger charge is -2.18. The molecular formula is C15H21N5O2. The van der Waals surface area contributed by atoms with E-state index in [1.54, 1.807) is 17.1 Å². The summed E-state index contributed by atoms with van der Waals surface area (Å²) in [6, 6.07) is 1.79. The van der Waals surface area contributed by atoms with E-state index in [-0.39, 0.29) is 5.91 Å². The predicted octanol–water partition coefficient (Wildman–Crippen LogP) is 2.13. The van der Waals surface area contributed by atoms with E-state index in [4.69, 9.17) is 4.52 Å². The number of nitrogens with zero attached hydrogens (tertiary/aromatic N) is 4. The minimum Gasteiger partial charge on any atom is -0.360 e. The number of carbonyl (C=O) groups is 1. The first-order chi connectivity index (χ1) is 10.8. The lowest BCUT2D eigenvalue weighted by Crippen LogP contribution is -2.25. The fraction of sp³-hybridized carbons (Fsp3) is 0.600. The average molecular weight is 303 g/mol. The molecule has 0 atom stereocenters. The molecule has 0 unspecified atom stereocenters. The van der Waals surface area contributed by atoms with E-state index in [1.807, 2.05) is 0 Å². The first-order valence-corrected chi connectivity index (χ1v) is 7.90. The quantitative estimate of drug-likeness (QED) is 0.826. The zero-order valence-corrected chi connectivity index (χ0v) is 12.6. The van der Waals surface area contributed by atoms with E-state index in [1.165, 1.54) is 25.6 Å². The van der Waals surface area contributed by atoms with Crippen LogP contribution in [0.25, 0.3) is 0 Å². The van der Waals surface area contributed by atoms with Crippen molar-refractivity contribution in [2.75, 3.05) is 6.54 Å². The highest BCUT2D eigenvalue weighted by atomic mass is 16.5. The van der Waals surface area contributed by atoms with Gasteiger partial charge in [-0.05, 0) is 19.3 Å². The van der Waals surface area contributed by atoms with Gasteiger partial charge in [-0.1, -0.05) is 24.4 Å². The Bertz CT molecular complexity index is 587. The van der Waals surface area contributed by atoms with Gasteiger partial charge in [0.15, 0.2) is 5.69 Å². The molecule has 0 aliphatic heterocycles. The van der Waals surface area contributed by atoms with E-state index in [0.29, 0.717) is 18.2 Å².